The molecule has 2 nitrogen and oxygen atoms in total. The number of ether oxygens (including phenoxy) is 1. The molecule has 0 saturated carbocycles. The van der Waals surface area contributed by atoms with Crippen molar-refractivity contribution in [2.45, 2.75) is 40.0 Å². The zero-order chi connectivity index (χ0) is 18.3. The predicted octanol–water partition coefficient (Wildman–Crippen LogP) is 6.53. The highest BCUT2D eigenvalue weighted by molar-refractivity contribution is 9.10. The minimum atomic E-state index is 0.0128. The molecule has 0 unspecified atom stereocenters. The number of rotatable bonds is 3. The zero-order valence-corrected chi connectivity index (χ0v) is 17.1. The van der Waals surface area contributed by atoms with E-state index in [1.165, 1.54) is 5.56 Å². The van der Waals surface area contributed by atoms with E-state index in [0.717, 1.165) is 27.0 Å². The van der Waals surface area contributed by atoms with Gasteiger partial charge in [0.05, 0.1) is 7.11 Å². The molecule has 3 heteroatoms. The van der Waals surface area contributed by atoms with Crippen LogP contribution in [0.3, 0.4) is 0 Å². The Bertz CT molecular complexity index is 682. The van der Waals surface area contributed by atoms with Crippen LogP contribution in [0.2, 0.25) is 0 Å². The van der Waals surface area contributed by atoms with Crippen LogP contribution in [0.25, 0.3) is 12.2 Å². The lowest BCUT2D eigenvalue weighted by Crippen LogP contribution is -2.13. The first-order chi connectivity index (χ1) is 11.3. The van der Waals surface area contributed by atoms with Crippen LogP contribution in [-0.2, 0) is 5.41 Å². The Morgan fingerprint density at radius 1 is 1.00 bits per heavy atom. The molecule has 2 aromatic carbocycles. The van der Waals surface area contributed by atoms with Gasteiger partial charge in [0.2, 0.25) is 0 Å². The molecule has 0 spiro atoms. The second kappa shape index (κ2) is 8.93. The zero-order valence-electron chi connectivity index (χ0n) is 15.5. The van der Waals surface area contributed by atoms with E-state index in [-0.39, 0.29) is 5.41 Å². The van der Waals surface area contributed by atoms with Crippen molar-refractivity contribution < 1.29 is 4.74 Å². The van der Waals surface area contributed by atoms with Crippen molar-refractivity contribution >= 4 is 33.8 Å². The summed E-state index contributed by atoms with van der Waals surface area (Å²) in [6.07, 6.45) is 4.14. The molecule has 0 aliphatic carbocycles. The van der Waals surface area contributed by atoms with E-state index >= 15 is 0 Å². The second-order valence-corrected chi connectivity index (χ2v) is 7.24. The van der Waals surface area contributed by atoms with Crippen molar-refractivity contribution in [1.82, 2.24) is 0 Å². The summed E-state index contributed by atoms with van der Waals surface area (Å²) in [7, 11) is 1.72. The van der Waals surface area contributed by atoms with Crippen molar-refractivity contribution in [2.24, 2.45) is 0 Å². The number of benzene rings is 2. The maximum atomic E-state index is 5.72. The third-order valence-electron chi connectivity index (χ3n) is 3.49. The van der Waals surface area contributed by atoms with Crippen LogP contribution in [0.4, 0.5) is 5.69 Å². The minimum Gasteiger partial charge on any atom is -0.496 e. The van der Waals surface area contributed by atoms with Gasteiger partial charge in [-0.2, -0.15) is 0 Å². The van der Waals surface area contributed by atoms with Crippen LogP contribution in [0, 0.1) is 0 Å². The van der Waals surface area contributed by atoms with Crippen molar-refractivity contribution in [3.8, 4) is 5.75 Å². The molecule has 0 bridgehead atoms. The molecule has 2 aromatic rings. The van der Waals surface area contributed by atoms with Gasteiger partial charge in [0.1, 0.15) is 5.75 Å². The molecular formula is C21H28BrNO. The van der Waals surface area contributed by atoms with Crippen LogP contribution < -0.4 is 10.5 Å². The van der Waals surface area contributed by atoms with Gasteiger partial charge >= 0.3 is 0 Å². The topological polar surface area (TPSA) is 35.2 Å². The molecule has 130 valence electrons. The van der Waals surface area contributed by atoms with E-state index in [1.54, 1.807) is 7.11 Å². The fraction of sp³-hybridized carbons (Fsp3) is 0.333. The van der Waals surface area contributed by atoms with E-state index in [9.17, 15) is 0 Å². The summed E-state index contributed by atoms with van der Waals surface area (Å²) in [5.74, 6) is 0.919. The van der Waals surface area contributed by atoms with Gasteiger partial charge in [-0.15, -0.1) is 0 Å². The van der Waals surface area contributed by atoms with Gasteiger partial charge in [0, 0.05) is 21.3 Å². The van der Waals surface area contributed by atoms with Crippen LogP contribution in [0.5, 0.6) is 5.75 Å². The highest BCUT2D eigenvalue weighted by atomic mass is 79.9. The van der Waals surface area contributed by atoms with Gasteiger partial charge in [-0.25, -0.2) is 0 Å². The Morgan fingerprint density at radius 2 is 1.58 bits per heavy atom. The monoisotopic (exact) mass is 389 g/mol. The van der Waals surface area contributed by atoms with Crippen molar-refractivity contribution in [3.05, 3.63) is 57.6 Å². The molecule has 0 aromatic heterocycles. The summed E-state index contributed by atoms with van der Waals surface area (Å²) >= 11 is 3.60. The third-order valence-corrected chi connectivity index (χ3v) is 3.94. The summed E-state index contributed by atoms with van der Waals surface area (Å²) in [6.45, 7) is 10.6. The summed E-state index contributed by atoms with van der Waals surface area (Å²) in [5, 5.41) is 0. The first kappa shape index (κ1) is 20.3. The highest BCUT2D eigenvalue weighted by Gasteiger charge is 2.21. The fourth-order valence-electron chi connectivity index (χ4n) is 2.32. The minimum absolute atomic E-state index is 0.0128. The Kier molecular flexibility index (Phi) is 7.56. The predicted molar refractivity (Wildman–Crippen MR) is 111 cm³/mol. The van der Waals surface area contributed by atoms with Gasteiger partial charge in [-0.1, -0.05) is 74.8 Å². The second-order valence-electron chi connectivity index (χ2n) is 6.33. The first-order valence-corrected chi connectivity index (χ1v) is 9.02. The standard InChI is InChI=1S/C19H22BrNO.C2H6/c1-19(2,3)17-12-15(20)11-14(18(17)22-4)8-5-13-6-9-16(21)10-7-13;1-2/h5-12H,21H2,1-4H3;1-2H3/b8-5+;. The molecule has 0 aliphatic heterocycles. The summed E-state index contributed by atoms with van der Waals surface area (Å²) in [5.41, 5.74) is 9.84. The Hall–Kier alpha value is -1.74. The van der Waals surface area contributed by atoms with Crippen molar-refractivity contribution in [1.29, 1.82) is 0 Å². The van der Waals surface area contributed by atoms with Gasteiger partial charge in [0.25, 0.3) is 0 Å². The van der Waals surface area contributed by atoms with Crippen LogP contribution in [0.1, 0.15) is 51.3 Å². The number of hydrogen-bond acceptors (Lipinski definition) is 2. The lowest BCUT2D eigenvalue weighted by atomic mass is 9.85. The molecule has 0 saturated heterocycles. The fourth-order valence-corrected chi connectivity index (χ4v) is 2.79. The van der Waals surface area contributed by atoms with E-state index in [2.05, 4.69) is 61.0 Å². The molecule has 0 aliphatic rings. The normalized spacial score (nSPS) is 11.1. The lowest BCUT2D eigenvalue weighted by molar-refractivity contribution is 0.396. The number of anilines is 1. The van der Waals surface area contributed by atoms with Gasteiger partial charge in [-0.05, 0) is 35.2 Å². The molecule has 0 fully saturated rings. The molecule has 2 N–H and O–H groups in total. The van der Waals surface area contributed by atoms with E-state index in [0.29, 0.717) is 0 Å². The van der Waals surface area contributed by atoms with Gasteiger partial charge in [-0.3, -0.25) is 0 Å². The third kappa shape index (κ3) is 5.41. The van der Waals surface area contributed by atoms with E-state index in [1.807, 2.05) is 38.1 Å². The molecule has 0 atom stereocenters. The maximum Gasteiger partial charge on any atom is 0.129 e. The molecular weight excluding hydrogens is 362 g/mol. The first-order valence-electron chi connectivity index (χ1n) is 8.23. The summed E-state index contributed by atoms with van der Waals surface area (Å²) < 4.78 is 6.72. The smallest absolute Gasteiger partial charge is 0.129 e. The summed E-state index contributed by atoms with van der Waals surface area (Å²) in [6, 6.07) is 12.0. The quantitative estimate of drug-likeness (QED) is 0.477. The Labute approximate surface area is 154 Å². The Morgan fingerprint density at radius 3 is 2.08 bits per heavy atom. The number of nitrogens with two attached hydrogens (primary N) is 1. The van der Waals surface area contributed by atoms with Crippen LogP contribution in [0.15, 0.2) is 40.9 Å². The van der Waals surface area contributed by atoms with E-state index < -0.39 is 0 Å². The average molecular weight is 390 g/mol. The van der Waals surface area contributed by atoms with Crippen LogP contribution in [-0.4, -0.2) is 7.11 Å². The highest BCUT2D eigenvalue weighted by Crippen LogP contribution is 2.37. The maximum absolute atomic E-state index is 5.72. The average Bonchev–Trinajstić information content (AvgIpc) is 2.55. The molecule has 24 heavy (non-hydrogen) atoms. The number of halogens is 1. The largest absolute Gasteiger partial charge is 0.496 e. The van der Waals surface area contributed by atoms with Crippen LogP contribution >= 0.6 is 15.9 Å². The van der Waals surface area contributed by atoms with Gasteiger partial charge < -0.3 is 10.5 Å². The molecule has 2 rings (SSSR count). The Balaban J connectivity index is 0.00000139. The number of nitrogen functional groups attached to an aromatic ring is 1. The SMILES string of the molecule is CC.COc1c(/C=C/c2ccc(N)cc2)cc(Br)cc1C(C)(C)C. The molecule has 0 radical (unpaired) electrons. The lowest BCUT2D eigenvalue weighted by Gasteiger charge is -2.24. The van der Waals surface area contributed by atoms with Crippen molar-refractivity contribution in [3.63, 3.8) is 0 Å². The molecule has 0 amide bonds. The molecule has 0 heterocycles. The van der Waals surface area contributed by atoms with Gasteiger partial charge in [0.15, 0.2) is 0 Å². The number of methoxy groups -OCH3 is 1. The van der Waals surface area contributed by atoms with Crippen molar-refractivity contribution in [2.75, 3.05) is 12.8 Å². The number of hydrogen-bond donors (Lipinski definition) is 1. The summed E-state index contributed by atoms with van der Waals surface area (Å²) in [4.78, 5) is 0. The van der Waals surface area contributed by atoms with E-state index in [4.69, 9.17) is 10.5 Å².